The average molecular weight is 590 g/mol. The first-order chi connectivity index (χ1) is 19.7. The second kappa shape index (κ2) is 15.1. The van der Waals surface area contributed by atoms with Crippen LogP contribution in [0.2, 0.25) is 0 Å². The van der Waals surface area contributed by atoms with Crippen LogP contribution in [-0.2, 0) is 35.4 Å². The van der Waals surface area contributed by atoms with Crippen LogP contribution in [0.1, 0.15) is 51.5 Å². The number of carbonyl (C=O) groups excluding carboxylic acids is 1. The second-order valence-electron chi connectivity index (χ2n) is 11.3. The Hall–Kier alpha value is -2.50. The van der Waals surface area contributed by atoms with Crippen LogP contribution in [0.3, 0.4) is 0 Å². The van der Waals surface area contributed by atoms with Crippen molar-refractivity contribution in [2.24, 2.45) is 11.8 Å². The third-order valence-electron chi connectivity index (χ3n) is 7.31. The van der Waals surface area contributed by atoms with Crippen LogP contribution in [0.15, 0.2) is 59.5 Å². The second-order valence-corrected chi connectivity index (χ2v) is 13.2. The number of aliphatic hydroxyl groups is 1. The van der Waals surface area contributed by atoms with Gasteiger partial charge in [-0.1, -0.05) is 50.2 Å². The highest BCUT2D eigenvalue weighted by molar-refractivity contribution is 7.89. The van der Waals surface area contributed by atoms with Crippen LogP contribution >= 0.6 is 0 Å². The van der Waals surface area contributed by atoms with E-state index in [1.807, 2.05) is 44.2 Å². The standard InChI is InChI=1S/C31H43NO8S/c1-23(2)20-32(41(35,36)28-12-8-11-26(19-28)40-31-13-6-7-15-38-31)21-29(33)25(17-24-9-4-3-5-10-24)18-30(34)39-27-14-16-37-22-27/h3-5,8-12,19,23,25,27,29,31,33H,6-7,13-18,20-22H2,1-2H3/t25-,27?,29-,31?/m1/s1. The number of hydrogen-bond acceptors (Lipinski definition) is 8. The van der Waals surface area contributed by atoms with Gasteiger partial charge in [-0.05, 0) is 42.9 Å². The van der Waals surface area contributed by atoms with Crippen LogP contribution in [0, 0.1) is 11.8 Å². The number of hydrogen-bond donors (Lipinski definition) is 1. The Morgan fingerprint density at radius 2 is 1.85 bits per heavy atom. The molecule has 0 radical (unpaired) electrons. The van der Waals surface area contributed by atoms with Crippen LogP contribution in [0.25, 0.3) is 0 Å². The first-order valence-corrected chi connectivity index (χ1v) is 16.0. The smallest absolute Gasteiger partial charge is 0.306 e. The maximum atomic E-state index is 13.9. The van der Waals surface area contributed by atoms with Crippen LogP contribution in [-0.4, -0.2) is 75.2 Å². The van der Waals surface area contributed by atoms with Crippen molar-refractivity contribution in [3.63, 3.8) is 0 Å². The normalized spacial score (nSPS) is 21.1. The van der Waals surface area contributed by atoms with Gasteiger partial charge in [-0.3, -0.25) is 4.79 Å². The molecule has 2 unspecified atom stereocenters. The molecule has 4 atom stereocenters. The molecule has 10 heteroatoms. The molecule has 2 aliphatic rings. The summed E-state index contributed by atoms with van der Waals surface area (Å²) in [6.07, 6.45) is 1.95. The molecule has 2 fully saturated rings. The van der Waals surface area contributed by atoms with E-state index in [2.05, 4.69) is 0 Å². The fraction of sp³-hybridized carbons (Fsp3) is 0.581. The number of esters is 1. The summed E-state index contributed by atoms with van der Waals surface area (Å²) in [5.41, 5.74) is 0.946. The van der Waals surface area contributed by atoms with Gasteiger partial charge < -0.3 is 24.1 Å². The monoisotopic (exact) mass is 589 g/mol. The fourth-order valence-corrected chi connectivity index (χ4v) is 6.82. The molecule has 0 amide bonds. The number of aliphatic hydroxyl groups excluding tert-OH is 1. The fourth-order valence-electron chi connectivity index (χ4n) is 5.16. The molecule has 41 heavy (non-hydrogen) atoms. The number of rotatable bonds is 14. The number of nitrogens with zero attached hydrogens (tertiary/aromatic N) is 1. The van der Waals surface area contributed by atoms with Gasteiger partial charge >= 0.3 is 5.97 Å². The van der Waals surface area contributed by atoms with Crippen molar-refractivity contribution in [2.45, 2.75) is 75.8 Å². The maximum Gasteiger partial charge on any atom is 0.306 e. The van der Waals surface area contributed by atoms with E-state index in [0.29, 0.717) is 38.4 Å². The van der Waals surface area contributed by atoms with E-state index in [1.165, 1.54) is 16.4 Å². The minimum absolute atomic E-state index is 0.00644. The lowest BCUT2D eigenvalue weighted by atomic mass is 9.90. The minimum atomic E-state index is -3.99. The van der Waals surface area contributed by atoms with Gasteiger partial charge in [0, 0.05) is 37.9 Å². The van der Waals surface area contributed by atoms with Crippen molar-refractivity contribution < 1.29 is 37.3 Å². The van der Waals surface area contributed by atoms with E-state index < -0.39 is 34.3 Å². The minimum Gasteiger partial charge on any atom is -0.465 e. The van der Waals surface area contributed by atoms with E-state index >= 15 is 0 Å². The molecule has 1 N–H and O–H groups in total. The first kappa shape index (κ1) is 31.4. The van der Waals surface area contributed by atoms with Crippen LogP contribution in [0.4, 0.5) is 0 Å². The van der Waals surface area contributed by atoms with Gasteiger partial charge in [0.2, 0.25) is 10.0 Å². The Morgan fingerprint density at radius 3 is 2.54 bits per heavy atom. The Balaban J connectivity index is 1.51. The van der Waals surface area contributed by atoms with Crippen molar-refractivity contribution in [1.82, 2.24) is 4.31 Å². The van der Waals surface area contributed by atoms with E-state index in [-0.39, 0.29) is 36.4 Å². The zero-order valence-electron chi connectivity index (χ0n) is 24.0. The molecular formula is C31H43NO8S. The summed E-state index contributed by atoms with van der Waals surface area (Å²) < 4.78 is 51.6. The van der Waals surface area contributed by atoms with E-state index in [1.54, 1.807) is 12.1 Å². The topological polar surface area (TPSA) is 112 Å². The van der Waals surface area contributed by atoms with Gasteiger partial charge in [-0.2, -0.15) is 4.31 Å². The number of carbonyl (C=O) groups is 1. The predicted octanol–water partition coefficient (Wildman–Crippen LogP) is 4.18. The van der Waals surface area contributed by atoms with Gasteiger partial charge in [-0.25, -0.2) is 8.42 Å². The molecule has 2 aliphatic heterocycles. The Kier molecular flexibility index (Phi) is 11.6. The molecule has 9 nitrogen and oxygen atoms in total. The van der Waals surface area contributed by atoms with E-state index in [0.717, 1.165) is 24.8 Å². The highest BCUT2D eigenvalue weighted by atomic mass is 32.2. The molecule has 0 aromatic heterocycles. The van der Waals surface area contributed by atoms with Gasteiger partial charge in [-0.15, -0.1) is 0 Å². The Morgan fingerprint density at radius 1 is 1.05 bits per heavy atom. The number of sulfonamides is 1. The largest absolute Gasteiger partial charge is 0.465 e. The highest BCUT2D eigenvalue weighted by Crippen LogP contribution is 2.27. The molecular weight excluding hydrogens is 546 g/mol. The number of benzene rings is 2. The molecule has 0 bridgehead atoms. The first-order valence-electron chi connectivity index (χ1n) is 14.6. The highest BCUT2D eigenvalue weighted by Gasteiger charge is 2.33. The SMILES string of the molecule is CC(C)CN(C[C@@H](O)[C@@H](CC(=O)OC1CCOC1)Cc1ccccc1)S(=O)(=O)c1cccc(OC2CCCCO2)c1. The maximum absolute atomic E-state index is 13.9. The van der Waals surface area contributed by atoms with Crippen molar-refractivity contribution in [3.8, 4) is 5.75 Å². The number of ether oxygens (including phenoxy) is 4. The summed E-state index contributed by atoms with van der Waals surface area (Å²) in [5, 5.41) is 11.5. The van der Waals surface area contributed by atoms with Gasteiger partial charge in [0.25, 0.3) is 0 Å². The van der Waals surface area contributed by atoms with Crippen molar-refractivity contribution >= 4 is 16.0 Å². The molecule has 2 aromatic carbocycles. The molecule has 0 saturated carbocycles. The summed E-state index contributed by atoms with van der Waals surface area (Å²) in [5.74, 6) is -0.542. The molecule has 226 valence electrons. The van der Waals surface area contributed by atoms with Gasteiger partial charge in [0.15, 0.2) is 6.29 Å². The Bertz CT molecular complexity index is 1190. The zero-order chi connectivity index (χ0) is 29.2. The summed E-state index contributed by atoms with van der Waals surface area (Å²) in [7, 11) is -3.99. The molecule has 2 heterocycles. The van der Waals surface area contributed by atoms with Crippen molar-refractivity contribution in [1.29, 1.82) is 0 Å². The summed E-state index contributed by atoms with van der Waals surface area (Å²) in [4.78, 5) is 12.9. The lowest BCUT2D eigenvalue weighted by molar-refractivity contribution is -0.151. The molecule has 4 rings (SSSR count). The molecule has 2 saturated heterocycles. The van der Waals surface area contributed by atoms with E-state index in [4.69, 9.17) is 18.9 Å². The zero-order valence-corrected chi connectivity index (χ0v) is 24.8. The van der Waals surface area contributed by atoms with Gasteiger partial charge in [0.05, 0.1) is 37.2 Å². The van der Waals surface area contributed by atoms with Crippen molar-refractivity contribution in [2.75, 3.05) is 32.9 Å². The third-order valence-corrected chi connectivity index (χ3v) is 9.14. The third kappa shape index (κ3) is 9.51. The molecule has 2 aromatic rings. The predicted molar refractivity (Wildman–Crippen MR) is 154 cm³/mol. The quantitative estimate of drug-likeness (QED) is 0.327. The summed E-state index contributed by atoms with van der Waals surface area (Å²) in [6.45, 7) is 5.44. The van der Waals surface area contributed by atoms with E-state index in [9.17, 15) is 18.3 Å². The van der Waals surface area contributed by atoms with Crippen LogP contribution in [0.5, 0.6) is 5.75 Å². The Labute approximate surface area is 243 Å². The lowest BCUT2D eigenvalue weighted by Gasteiger charge is -2.30. The van der Waals surface area contributed by atoms with Crippen LogP contribution < -0.4 is 4.74 Å². The van der Waals surface area contributed by atoms with Crippen molar-refractivity contribution in [3.05, 3.63) is 60.2 Å². The summed E-state index contributed by atoms with van der Waals surface area (Å²) >= 11 is 0. The molecule has 0 spiro atoms. The van der Waals surface area contributed by atoms with Gasteiger partial charge in [0.1, 0.15) is 11.9 Å². The summed E-state index contributed by atoms with van der Waals surface area (Å²) in [6, 6.07) is 16.0. The average Bonchev–Trinajstić information content (AvgIpc) is 3.46. The molecule has 0 aliphatic carbocycles. The lowest BCUT2D eigenvalue weighted by Crippen LogP contribution is -2.43.